The van der Waals surface area contributed by atoms with Crippen LogP contribution in [0.3, 0.4) is 0 Å². The Morgan fingerprint density at radius 3 is 2.38 bits per heavy atom. The summed E-state index contributed by atoms with van der Waals surface area (Å²) in [5.41, 5.74) is 2.91. The largest absolute Gasteiger partial charge is 0.463 e. The highest BCUT2D eigenvalue weighted by molar-refractivity contribution is 7.99. The first-order valence-corrected chi connectivity index (χ1v) is 10.1. The molecule has 0 saturated carbocycles. The van der Waals surface area contributed by atoms with Crippen molar-refractivity contribution in [2.75, 3.05) is 11.1 Å². The number of thioether (sulfide) groups is 1. The summed E-state index contributed by atoms with van der Waals surface area (Å²) in [6.07, 6.45) is 3.97. The first kappa shape index (κ1) is 18.9. The van der Waals surface area contributed by atoms with Gasteiger partial charge in [-0.2, -0.15) is 0 Å². The van der Waals surface area contributed by atoms with Crippen LogP contribution in [0.15, 0.2) is 75.0 Å². The Hall–Kier alpha value is -3.39. The highest BCUT2D eigenvalue weighted by Crippen LogP contribution is 2.30. The Bertz CT molecular complexity index is 1100. The molecule has 1 N–H and O–H groups in total. The molecule has 146 valence electrons. The summed E-state index contributed by atoms with van der Waals surface area (Å²) in [5.74, 6) is 1.13. The fourth-order valence-corrected chi connectivity index (χ4v) is 3.39. The van der Waals surface area contributed by atoms with Gasteiger partial charge >= 0.3 is 0 Å². The molecule has 0 unspecified atom stereocenters. The molecule has 0 saturated heterocycles. The molecule has 0 aliphatic heterocycles. The molecule has 0 fully saturated rings. The maximum atomic E-state index is 12.4. The van der Waals surface area contributed by atoms with Crippen molar-refractivity contribution in [1.82, 2.24) is 15.2 Å². The summed E-state index contributed by atoms with van der Waals surface area (Å²) in [6, 6.07) is 14.9. The predicted molar refractivity (Wildman–Crippen MR) is 110 cm³/mol. The molecular formula is C21H18N4O3S. The number of carbonyl (C=O) groups excluding carboxylic acids is 1. The standard InChI is InChI=1S/C21H18N4O3S/c1-2-14-7-3-4-8-15(14)22-18(26)13-29-21-23-19(16-9-5-11-27-16)20(24-25-21)17-10-6-12-28-17/h3-12H,2,13H2,1H3,(H,22,26). The number of amides is 1. The monoisotopic (exact) mass is 406 g/mol. The van der Waals surface area contributed by atoms with E-state index in [1.165, 1.54) is 11.8 Å². The molecule has 4 rings (SSSR count). The van der Waals surface area contributed by atoms with Crippen molar-refractivity contribution in [1.29, 1.82) is 0 Å². The first-order valence-electron chi connectivity index (χ1n) is 9.07. The maximum Gasteiger partial charge on any atom is 0.234 e. The molecule has 1 amide bonds. The lowest BCUT2D eigenvalue weighted by molar-refractivity contribution is -0.113. The summed E-state index contributed by atoms with van der Waals surface area (Å²) in [6.45, 7) is 2.05. The molecule has 0 aliphatic carbocycles. The number of nitrogens with one attached hydrogen (secondary N) is 1. The molecule has 1 aromatic carbocycles. The molecular weight excluding hydrogens is 388 g/mol. The Labute approximate surface area is 171 Å². The van der Waals surface area contributed by atoms with Crippen LogP contribution in [-0.4, -0.2) is 26.8 Å². The van der Waals surface area contributed by atoms with E-state index in [-0.39, 0.29) is 11.7 Å². The zero-order chi connectivity index (χ0) is 20.1. The van der Waals surface area contributed by atoms with Crippen LogP contribution in [0.1, 0.15) is 12.5 Å². The van der Waals surface area contributed by atoms with E-state index in [1.807, 2.05) is 24.3 Å². The van der Waals surface area contributed by atoms with Gasteiger partial charge in [0.05, 0.1) is 18.3 Å². The van der Waals surface area contributed by atoms with E-state index in [4.69, 9.17) is 8.83 Å². The summed E-state index contributed by atoms with van der Waals surface area (Å²) in [7, 11) is 0. The van der Waals surface area contributed by atoms with Crippen LogP contribution < -0.4 is 5.32 Å². The van der Waals surface area contributed by atoms with Crippen molar-refractivity contribution < 1.29 is 13.6 Å². The SMILES string of the molecule is CCc1ccccc1NC(=O)CSc1nnc(-c2ccco2)c(-c2ccco2)n1. The lowest BCUT2D eigenvalue weighted by atomic mass is 10.1. The molecule has 8 heteroatoms. The highest BCUT2D eigenvalue weighted by Gasteiger charge is 2.18. The van der Waals surface area contributed by atoms with Crippen LogP contribution in [0, 0.1) is 0 Å². The zero-order valence-electron chi connectivity index (χ0n) is 15.7. The molecule has 29 heavy (non-hydrogen) atoms. The first-order chi connectivity index (χ1) is 14.2. The number of aryl methyl sites for hydroxylation is 1. The van der Waals surface area contributed by atoms with E-state index in [0.717, 1.165) is 17.7 Å². The Morgan fingerprint density at radius 1 is 0.966 bits per heavy atom. The minimum absolute atomic E-state index is 0.130. The number of carbonyl (C=O) groups is 1. The van der Waals surface area contributed by atoms with Gasteiger partial charge in [0.15, 0.2) is 17.2 Å². The van der Waals surface area contributed by atoms with Crippen LogP contribution in [0.4, 0.5) is 5.69 Å². The molecule has 0 atom stereocenters. The van der Waals surface area contributed by atoms with Gasteiger partial charge in [-0.3, -0.25) is 4.79 Å². The minimum Gasteiger partial charge on any atom is -0.463 e. The van der Waals surface area contributed by atoms with Gasteiger partial charge in [-0.25, -0.2) is 4.98 Å². The smallest absolute Gasteiger partial charge is 0.234 e. The molecule has 0 spiro atoms. The third-order valence-corrected chi connectivity index (χ3v) is 5.02. The van der Waals surface area contributed by atoms with Crippen molar-refractivity contribution in [2.24, 2.45) is 0 Å². The van der Waals surface area contributed by atoms with Crippen LogP contribution in [0.5, 0.6) is 0 Å². The van der Waals surface area contributed by atoms with Gasteiger partial charge in [-0.15, -0.1) is 10.2 Å². The van der Waals surface area contributed by atoms with E-state index in [9.17, 15) is 4.79 Å². The van der Waals surface area contributed by atoms with Crippen LogP contribution in [0.25, 0.3) is 22.9 Å². The number of aromatic nitrogens is 3. The fourth-order valence-electron chi connectivity index (χ4n) is 2.80. The number of hydrogen-bond donors (Lipinski definition) is 1. The Morgan fingerprint density at radius 2 is 1.69 bits per heavy atom. The van der Waals surface area contributed by atoms with Gasteiger partial charge in [-0.1, -0.05) is 36.9 Å². The van der Waals surface area contributed by atoms with Gasteiger partial charge < -0.3 is 14.2 Å². The highest BCUT2D eigenvalue weighted by atomic mass is 32.2. The molecule has 3 heterocycles. The van der Waals surface area contributed by atoms with Gasteiger partial charge in [-0.05, 0) is 42.3 Å². The topological polar surface area (TPSA) is 94.1 Å². The van der Waals surface area contributed by atoms with Crippen molar-refractivity contribution in [2.45, 2.75) is 18.5 Å². The van der Waals surface area contributed by atoms with E-state index in [1.54, 1.807) is 36.8 Å². The maximum absolute atomic E-state index is 12.4. The normalized spacial score (nSPS) is 10.8. The van der Waals surface area contributed by atoms with Crippen LogP contribution in [0.2, 0.25) is 0 Å². The second kappa shape index (κ2) is 8.74. The van der Waals surface area contributed by atoms with Gasteiger partial charge in [0.2, 0.25) is 11.1 Å². The third kappa shape index (κ3) is 4.38. The Balaban J connectivity index is 1.51. The summed E-state index contributed by atoms with van der Waals surface area (Å²) in [4.78, 5) is 16.9. The number of anilines is 1. The third-order valence-electron chi connectivity index (χ3n) is 4.18. The van der Waals surface area contributed by atoms with Crippen molar-refractivity contribution >= 4 is 23.4 Å². The summed E-state index contributed by atoms with van der Waals surface area (Å²) in [5, 5.41) is 11.7. The Kier molecular flexibility index (Phi) is 5.71. The van der Waals surface area contributed by atoms with E-state index < -0.39 is 0 Å². The molecule has 4 aromatic rings. The number of para-hydroxylation sites is 1. The average molecular weight is 406 g/mol. The van der Waals surface area contributed by atoms with Gasteiger partial charge in [0.1, 0.15) is 5.69 Å². The lowest BCUT2D eigenvalue weighted by Crippen LogP contribution is -2.15. The zero-order valence-corrected chi connectivity index (χ0v) is 16.5. The van der Waals surface area contributed by atoms with E-state index in [0.29, 0.717) is 28.1 Å². The molecule has 0 aliphatic rings. The number of hydrogen-bond acceptors (Lipinski definition) is 7. The predicted octanol–water partition coefficient (Wildman–Crippen LogP) is 4.68. The molecule has 7 nitrogen and oxygen atoms in total. The molecule has 3 aromatic heterocycles. The average Bonchev–Trinajstić information content (AvgIpc) is 3.46. The minimum atomic E-state index is -0.130. The second-order valence-electron chi connectivity index (χ2n) is 6.09. The van der Waals surface area contributed by atoms with Crippen LogP contribution in [-0.2, 0) is 11.2 Å². The number of nitrogens with zero attached hydrogens (tertiary/aromatic N) is 3. The van der Waals surface area contributed by atoms with Crippen molar-refractivity contribution in [3.63, 3.8) is 0 Å². The fraction of sp³-hybridized carbons (Fsp3) is 0.143. The van der Waals surface area contributed by atoms with Crippen LogP contribution >= 0.6 is 11.8 Å². The second-order valence-corrected chi connectivity index (χ2v) is 7.04. The van der Waals surface area contributed by atoms with Gasteiger partial charge in [0.25, 0.3) is 0 Å². The van der Waals surface area contributed by atoms with E-state index >= 15 is 0 Å². The summed E-state index contributed by atoms with van der Waals surface area (Å²) >= 11 is 1.21. The van der Waals surface area contributed by atoms with E-state index in [2.05, 4.69) is 27.4 Å². The number of furan rings is 2. The molecule has 0 bridgehead atoms. The lowest BCUT2D eigenvalue weighted by Gasteiger charge is -2.09. The van der Waals surface area contributed by atoms with Gasteiger partial charge in [0, 0.05) is 5.69 Å². The number of rotatable bonds is 7. The summed E-state index contributed by atoms with van der Waals surface area (Å²) < 4.78 is 10.9. The quantitative estimate of drug-likeness (QED) is 0.445. The number of benzene rings is 1. The van der Waals surface area contributed by atoms with Crippen molar-refractivity contribution in [3.05, 3.63) is 66.6 Å². The molecule has 0 radical (unpaired) electrons. The van der Waals surface area contributed by atoms with Crippen molar-refractivity contribution in [3.8, 4) is 22.9 Å².